The Morgan fingerprint density at radius 3 is 2.92 bits per heavy atom. The quantitative estimate of drug-likeness (QED) is 0.912. The maximum atomic E-state index is 11.9. The number of carbonyl (C=O) groups excluding carboxylic acids is 1. The summed E-state index contributed by atoms with van der Waals surface area (Å²) >= 11 is 0. The highest BCUT2D eigenvalue weighted by Gasteiger charge is 2.21. The summed E-state index contributed by atoms with van der Waals surface area (Å²) in [4.78, 5) is 16.3. The molecule has 0 bridgehead atoms. The van der Waals surface area contributed by atoms with Crippen molar-refractivity contribution in [2.75, 3.05) is 6.61 Å². The Kier molecular flexibility index (Phi) is 4.80. The number of nitrogens with one attached hydrogen (secondary N) is 1. The molecule has 0 fully saturated rings. The van der Waals surface area contributed by atoms with Gasteiger partial charge in [0.05, 0.1) is 12.8 Å². The van der Waals surface area contributed by atoms with Crippen LogP contribution >= 0.6 is 0 Å². The Hall–Kier alpha value is -2.81. The minimum Gasteiger partial charge on any atom is -0.467 e. The number of aryl methyl sites for hydroxylation is 1. The number of ether oxygens (including phenoxy) is 1. The zero-order valence-corrected chi connectivity index (χ0v) is 13.6. The van der Waals surface area contributed by atoms with Crippen LogP contribution in [0.4, 0.5) is 0 Å². The molecule has 3 rings (SSSR count). The fourth-order valence-electron chi connectivity index (χ4n) is 2.99. The van der Waals surface area contributed by atoms with Crippen molar-refractivity contribution in [3.8, 4) is 11.9 Å². The van der Waals surface area contributed by atoms with E-state index in [-0.39, 0.29) is 18.4 Å². The summed E-state index contributed by atoms with van der Waals surface area (Å²) < 4.78 is 10.7. The van der Waals surface area contributed by atoms with Gasteiger partial charge in [-0.05, 0) is 55.9 Å². The summed E-state index contributed by atoms with van der Waals surface area (Å²) in [5.41, 5.74) is 3.54. The molecule has 6 heteroatoms. The van der Waals surface area contributed by atoms with Gasteiger partial charge in [-0.2, -0.15) is 5.26 Å². The lowest BCUT2D eigenvalue weighted by Crippen LogP contribution is -2.28. The summed E-state index contributed by atoms with van der Waals surface area (Å²) in [5, 5.41) is 12.2. The molecule has 0 radical (unpaired) electrons. The van der Waals surface area contributed by atoms with E-state index in [0.29, 0.717) is 17.9 Å². The van der Waals surface area contributed by atoms with E-state index in [9.17, 15) is 10.1 Å². The second-order valence-corrected chi connectivity index (χ2v) is 5.80. The average molecular weight is 325 g/mol. The van der Waals surface area contributed by atoms with Gasteiger partial charge in [-0.25, -0.2) is 4.98 Å². The monoisotopic (exact) mass is 325 g/mol. The van der Waals surface area contributed by atoms with Crippen molar-refractivity contribution in [2.24, 2.45) is 0 Å². The summed E-state index contributed by atoms with van der Waals surface area (Å²) in [7, 11) is 0. The van der Waals surface area contributed by atoms with E-state index >= 15 is 0 Å². The Morgan fingerprint density at radius 2 is 2.21 bits per heavy atom. The molecule has 0 aromatic carbocycles. The van der Waals surface area contributed by atoms with Crippen LogP contribution in [0.1, 0.15) is 41.0 Å². The topological polar surface area (TPSA) is 88.2 Å². The van der Waals surface area contributed by atoms with Crippen LogP contribution in [-0.2, 0) is 24.2 Å². The molecule has 1 amide bonds. The number of carbonyl (C=O) groups is 1. The highest BCUT2D eigenvalue weighted by atomic mass is 16.5. The van der Waals surface area contributed by atoms with Crippen LogP contribution in [0.3, 0.4) is 0 Å². The third-order valence-electron chi connectivity index (χ3n) is 4.18. The van der Waals surface area contributed by atoms with Gasteiger partial charge in [-0.3, -0.25) is 4.79 Å². The van der Waals surface area contributed by atoms with Crippen LogP contribution in [0, 0.1) is 18.3 Å². The minimum atomic E-state index is -0.285. The van der Waals surface area contributed by atoms with Crippen LogP contribution in [0.25, 0.3) is 0 Å². The first-order valence-electron chi connectivity index (χ1n) is 8.03. The number of nitriles is 1. The SMILES string of the molecule is Cc1nc(OCC(=O)NCc2ccco2)c(C#N)c2c1CCCC2. The zero-order valence-electron chi connectivity index (χ0n) is 13.6. The highest BCUT2D eigenvalue weighted by Crippen LogP contribution is 2.31. The number of pyridine rings is 1. The summed E-state index contributed by atoms with van der Waals surface area (Å²) in [6.45, 7) is 2.05. The molecule has 124 valence electrons. The van der Waals surface area contributed by atoms with Crippen molar-refractivity contribution >= 4 is 5.91 Å². The lowest BCUT2D eigenvalue weighted by molar-refractivity contribution is -0.123. The third kappa shape index (κ3) is 3.40. The van der Waals surface area contributed by atoms with Gasteiger partial charge in [0.25, 0.3) is 5.91 Å². The molecular weight excluding hydrogens is 306 g/mol. The fourth-order valence-corrected chi connectivity index (χ4v) is 2.99. The molecule has 0 unspecified atom stereocenters. The molecule has 2 aromatic rings. The average Bonchev–Trinajstić information content (AvgIpc) is 3.12. The van der Waals surface area contributed by atoms with Gasteiger partial charge >= 0.3 is 0 Å². The standard InChI is InChI=1S/C18H19N3O3/c1-12-14-6-2-3-7-15(14)16(9-19)18(21-12)24-11-17(22)20-10-13-5-4-8-23-13/h4-5,8H,2-3,6-7,10-11H2,1H3,(H,20,22). The van der Waals surface area contributed by atoms with Crippen molar-refractivity contribution in [1.29, 1.82) is 5.26 Å². The highest BCUT2D eigenvalue weighted by molar-refractivity contribution is 5.77. The fraction of sp³-hybridized carbons (Fsp3) is 0.389. The van der Waals surface area contributed by atoms with E-state index < -0.39 is 0 Å². The molecule has 6 nitrogen and oxygen atoms in total. The van der Waals surface area contributed by atoms with Crippen molar-refractivity contribution < 1.29 is 13.9 Å². The Balaban J connectivity index is 1.67. The molecule has 0 aliphatic heterocycles. The maximum Gasteiger partial charge on any atom is 0.258 e. The van der Waals surface area contributed by atoms with Crippen molar-refractivity contribution in [1.82, 2.24) is 10.3 Å². The second kappa shape index (κ2) is 7.18. The summed E-state index contributed by atoms with van der Waals surface area (Å²) in [5.74, 6) is 0.639. The van der Waals surface area contributed by atoms with Crippen molar-refractivity contribution in [3.63, 3.8) is 0 Å². The molecule has 24 heavy (non-hydrogen) atoms. The number of aromatic nitrogens is 1. The number of hydrogen-bond donors (Lipinski definition) is 1. The molecule has 0 saturated carbocycles. The van der Waals surface area contributed by atoms with Crippen LogP contribution in [0.15, 0.2) is 22.8 Å². The molecule has 1 N–H and O–H groups in total. The van der Waals surface area contributed by atoms with Crippen molar-refractivity contribution in [2.45, 2.75) is 39.2 Å². The molecule has 1 aliphatic carbocycles. The van der Waals surface area contributed by atoms with Crippen LogP contribution in [0.2, 0.25) is 0 Å². The maximum absolute atomic E-state index is 11.9. The number of furan rings is 1. The first-order chi connectivity index (χ1) is 11.7. The van der Waals surface area contributed by atoms with Gasteiger partial charge in [-0.15, -0.1) is 0 Å². The normalized spacial score (nSPS) is 13.0. The molecule has 0 atom stereocenters. The predicted octanol–water partition coefficient (Wildman–Crippen LogP) is 2.43. The summed E-state index contributed by atoms with van der Waals surface area (Å²) in [6, 6.07) is 5.74. The van der Waals surface area contributed by atoms with Gasteiger partial charge in [0, 0.05) is 5.69 Å². The first-order valence-corrected chi connectivity index (χ1v) is 8.03. The zero-order chi connectivity index (χ0) is 16.9. The molecule has 1 aliphatic rings. The van der Waals surface area contributed by atoms with Crippen LogP contribution in [-0.4, -0.2) is 17.5 Å². The number of amides is 1. The smallest absolute Gasteiger partial charge is 0.258 e. The van der Waals surface area contributed by atoms with Crippen LogP contribution < -0.4 is 10.1 Å². The first kappa shape index (κ1) is 16.1. The lowest BCUT2D eigenvalue weighted by atomic mass is 9.88. The van der Waals surface area contributed by atoms with Gasteiger partial charge in [0.15, 0.2) is 6.61 Å². The van der Waals surface area contributed by atoms with E-state index in [1.165, 1.54) is 0 Å². The van der Waals surface area contributed by atoms with E-state index in [2.05, 4.69) is 16.4 Å². The Morgan fingerprint density at radius 1 is 1.42 bits per heavy atom. The van der Waals surface area contributed by atoms with Gasteiger partial charge in [0.2, 0.25) is 5.88 Å². The Labute approximate surface area is 140 Å². The molecule has 0 saturated heterocycles. The largest absolute Gasteiger partial charge is 0.467 e. The Bertz CT molecular complexity index is 776. The van der Waals surface area contributed by atoms with Gasteiger partial charge < -0.3 is 14.5 Å². The number of nitrogens with zero attached hydrogens (tertiary/aromatic N) is 2. The van der Waals surface area contributed by atoms with E-state index in [4.69, 9.17) is 9.15 Å². The number of fused-ring (bicyclic) bond motifs is 1. The summed E-state index contributed by atoms with van der Waals surface area (Å²) in [6.07, 6.45) is 5.55. The van der Waals surface area contributed by atoms with Crippen LogP contribution in [0.5, 0.6) is 5.88 Å². The minimum absolute atomic E-state index is 0.180. The molecule has 2 aromatic heterocycles. The van der Waals surface area contributed by atoms with E-state index in [0.717, 1.165) is 42.5 Å². The van der Waals surface area contributed by atoms with E-state index in [1.807, 2.05) is 6.92 Å². The second-order valence-electron chi connectivity index (χ2n) is 5.80. The van der Waals surface area contributed by atoms with Gasteiger partial charge in [0.1, 0.15) is 17.4 Å². The van der Waals surface area contributed by atoms with Gasteiger partial charge in [-0.1, -0.05) is 0 Å². The van der Waals surface area contributed by atoms with E-state index in [1.54, 1.807) is 18.4 Å². The number of hydrogen-bond acceptors (Lipinski definition) is 5. The lowest BCUT2D eigenvalue weighted by Gasteiger charge is -2.20. The predicted molar refractivity (Wildman–Crippen MR) is 86.4 cm³/mol. The molecule has 2 heterocycles. The third-order valence-corrected chi connectivity index (χ3v) is 4.18. The molecular formula is C18H19N3O3. The molecule has 0 spiro atoms. The van der Waals surface area contributed by atoms with Crippen molar-refractivity contribution in [3.05, 3.63) is 46.5 Å². The number of rotatable bonds is 5.